The Balaban J connectivity index is 0.00000363. The number of hydrogen-bond acceptors (Lipinski definition) is 3. The van der Waals surface area contributed by atoms with Crippen LogP contribution < -0.4 is 10.6 Å². The molecule has 32 heavy (non-hydrogen) atoms. The lowest BCUT2D eigenvalue weighted by atomic mass is 9.69. The highest BCUT2D eigenvalue weighted by molar-refractivity contribution is 14.0. The number of rotatable bonds is 7. The number of aliphatic imine (C=N–C) groups is 1. The first-order valence-electron chi connectivity index (χ1n) is 11.1. The molecule has 9 heteroatoms. The van der Waals surface area contributed by atoms with Crippen molar-refractivity contribution in [2.45, 2.75) is 56.5 Å². The van der Waals surface area contributed by atoms with Gasteiger partial charge in [-0.3, -0.25) is 4.99 Å². The van der Waals surface area contributed by atoms with Crippen LogP contribution in [-0.4, -0.2) is 51.0 Å². The number of halogens is 4. The number of guanidine groups is 1. The third-order valence-electron chi connectivity index (χ3n) is 6.89. The molecule has 1 saturated carbocycles. The van der Waals surface area contributed by atoms with Gasteiger partial charge in [-0.15, -0.1) is 24.0 Å². The molecule has 1 unspecified atom stereocenters. The van der Waals surface area contributed by atoms with Crippen LogP contribution in [0, 0.1) is 5.41 Å². The minimum atomic E-state index is -4.35. The highest BCUT2D eigenvalue weighted by atomic mass is 127. The fourth-order valence-corrected chi connectivity index (χ4v) is 4.88. The number of nitrogens with one attached hydrogen (secondary N) is 2. The van der Waals surface area contributed by atoms with Crippen LogP contribution in [0.25, 0.3) is 0 Å². The van der Waals surface area contributed by atoms with Crippen LogP contribution >= 0.6 is 24.0 Å². The van der Waals surface area contributed by atoms with E-state index in [4.69, 9.17) is 4.74 Å². The zero-order chi connectivity index (χ0) is 22.4. The minimum Gasteiger partial charge on any atom is -0.396 e. The van der Waals surface area contributed by atoms with Gasteiger partial charge >= 0.3 is 6.18 Å². The number of nitrogens with zero attached hydrogens (tertiary/aromatic N) is 1. The van der Waals surface area contributed by atoms with E-state index in [2.05, 4.69) is 15.6 Å². The molecule has 0 amide bonds. The molecule has 1 aromatic rings. The van der Waals surface area contributed by atoms with E-state index < -0.39 is 11.7 Å². The first-order valence-corrected chi connectivity index (χ1v) is 11.1. The van der Waals surface area contributed by atoms with Gasteiger partial charge in [-0.2, -0.15) is 13.2 Å². The van der Waals surface area contributed by atoms with E-state index in [0.29, 0.717) is 38.7 Å². The Morgan fingerprint density at radius 3 is 2.44 bits per heavy atom. The number of benzene rings is 1. The fourth-order valence-electron chi connectivity index (χ4n) is 4.88. The van der Waals surface area contributed by atoms with E-state index in [0.717, 1.165) is 50.2 Å². The van der Waals surface area contributed by atoms with Crippen molar-refractivity contribution in [3.63, 3.8) is 0 Å². The highest BCUT2D eigenvalue weighted by Gasteiger charge is 2.38. The second-order valence-electron chi connectivity index (χ2n) is 8.98. The summed E-state index contributed by atoms with van der Waals surface area (Å²) in [4.78, 5) is 4.32. The molecule has 1 aliphatic carbocycles. The Hall–Kier alpha value is -1.07. The number of aliphatic hydroxyl groups is 1. The summed E-state index contributed by atoms with van der Waals surface area (Å²) >= 11 is 0. The standard InChI is InChI=1S/C23H34F3N3O2.HI/c1-27-20(28-15-21(10-12-30)11-13-31-17-21)29-16-22(8-3-2-4-9-22)18-6-5-7-19(14-18)23(24,25)26;/h5-7,14,30H,2-4,8-13,15-17H2,1H3,(H2,27,28,29);1H. The number of alkyl halides is 3. The molecule has 1 saturated heterocycles. The predicted molar refractivity (Wildman–Crippen MR) is 131 cm³/mol. The Morgan fingerprint density at radius 1 is 1.12 bits per heavy atom. The monoisotopic (exact) mass is 569 g/mol. The van der Waals surface area contributed by atoms with Gasteiger partial charge in [0, 0.05) is 44.2 Å². The molecule has 3 N–H and O–H groups in total. The van der Waals surface area contributed by atoms with Crippen LogP contribution in [0.5, 0.6) is 0 Å². The van der Waals surface area contributed by atoms with Gasteiger partial charge in [-0.25, -0.2) is 0 Å². The van der Waals surface area contributed by atoms with Crippen LogP contribution in [-0.2, 0) is 16.3 Å². The van der Waals surface area contributed by atoms with Gasteiger partial charge < -0.3 is 20.5 Å². The molecular weight excluding hydrogens is 534 g/mol. The van der Waals surface area contributed by atoms with Crippen molar-refractivity contribution in [3.8, 4) is 0 Å². The predicted octanol–water partition coefficient (Wildman–Crippen LogP) is 4.48. The summed E-state index contributed by atoms with van der Waals surface area (Å²) in [5.74, 6) is 0.626. The van der Waals surface area contributed by atoms with Crippen LogP contribution in [0.4, 0.5) is 13.2 Å². The zero-order valence-corrected chi connectivity index (χ0v) is 21.0. The summed E-state index contributed by atoms with van der Waals surface area (Å²) in [7, 11) is 1.69. The quantitative estimate of drug-likeness (QED) is 0.258. The van der Waals surface area contributed by atoms with Crippen molar-refractivity contribution < 1.29 is 23.0 Å². The van der Waals surface area contributed by atoms with E-state index in [1.807, 2.05) is 6.07 Å². The third-order valence-corrected chi connectivity index (χ3v) is 6.89. The second kappa shape index (κ2) is 11.9. The first-order chi connectivity index (χ1) is 14.8. The van der Waals surface area contributed by atoms with Gasteiger partial charge in [0.05, 0.1) is 12.2 Å². The second-order valence-corrected chi connectivity index (χ2v) is 8.98. The molecule has 2 fully saturated rings. The molecule has 2 aliphatic rings. The van der Waals surface area contributed by atoms with Crippen molar-refractivity contribution in [2.75, 3.05) is 40.0 Å². The lowest BCUT2D eigenvalue weighted by Crippen LogP contribution is -2.49. The molecular formula is C23H35F3IN3O2. The molecule has 182 valence electrons. The van der Waals surface area contributed by atoms with Crippen LogP contribution in [0.2, 0.25) is 0 Å². The molecule has 0 bridgehead atoms. The van der Waals surface area contributed by atoms with Crippen LogP contribution in [0.15, 0.2) is 29.3 Å². The van der Waals surface area contributed by atoms with Gasteiger partial charge in [0.1, 0.15) is 0 Å². The molecule has 0 spiro atoms. The maximum Gasteiger partial charge on any atom is 0.416 e. The molecule has 0 radical (unpaired) electrons. The lowest BCUT2D eigenvalue weighted by Gasteiger charge is -2.39. The van der Waals surface area contributed by atoms with Gasteiger partial charge in [0.25, 0.3) is 0 Å². The molecule has 0 aromatic heterocycles. The van der Waals surface area contributed by atoms with Crippen molar-refractivity contribution in [1.29, 1.82) is 0 Å². The van der Waals surface area contributed by atoms with E-state index in [9.17, 15) is 18.3 Å². The van der Waals surface area contributed by atoms with Crippen molar-refractivity contribution >= 4 is 29.9 Å². The maximum atomic E-state index is 13.3. The number of hydrogen-bond donors (Lipinski definition) is 3. The van der Waals surface area contributed by atoms with Gasteiger partial charge in [-0.1, -0.05) is 37.5 Å². The van der Waals surface area contributed by atoms with E-state index in [1.54, 1.807) is 7.05 Å². The van der Waals surface area contributed by atoms with E-state index in [1.165, 1.54) is 12.1 Å². The average molecular weight is 569 g/mol. The van der Waals surface area contributed by atoms with Gasteiger partial charge in [0.2, 0.25) is 0 Å². The first kappa shape index (κ1) is 27.2. The van der Waals surface area contributed by atoms with E-state index in [-0.39, 0.29) is 41.4 Å². The van der Waals surface area contributed by atoms with Gasteiger partial charge in [-0.05, 0) is 37.3 Å². The summed E-state index contributed by atoms with van der Waals surface area (Å²) in [5.41, 5.74) is -0.317. The summed E-state index contributed by atoms with van der Waals surface area (Å²) < 4.78 is 45.5. The maximum absolute atomic E-state index is 13.3. The largest absolute Gasteiger partial charge is 0.416 e. The Morgan fingerprint density at radius 2 is 1.84 bits per heavy atom. The SMILES string of the molecule is CN=C(NCC1(CCO)CCOC1)NCC1(c2cccc(C(F)(F)F)c2)CCCCC1.I. The molecule has 1 aliphatic heterocycles. The summed E-state index contributed by atoms with van der Waals surface area (Å²) in [6.07, 6.45) is 2.00. The highest BCUT2D eigenvalue weighted by Crippen LogP contribution is 2.41. The Kier molecular flexibility index (Phi) is 10.1. The zero-order valence-electron chi connectivity index (χ0n) is 18.6. The third kappa shape index (κ3) is 6.72. The minimum absolute atomic E-state index is 0. The molecule has 1 atom stereocenters. The number of aliphatic hydroxyl groups excluding tert-OH is 1. The van der Waals surface area contributed by atoms with Crippen molar-refractivity contribution in [1.82, 2.24) is 10.6 Å². The van der Waals surface area contributed by atoms with Crippen molar-refractivity contribution in [2.24, 2.45) is 10.4 Å². The van der Waals surface area contributed by atoms with Crippen molar-refractivity contribution in [3.05, 3.63) is 35.4 Å². The topological polar surface area (TPSA) is 65.9 Å². The summed E-state index contributed by atoms with van der Waals surface area (Å²) in [5, 5.41) is 16.1. The lowest BCUT2D eigenvalue weighted by molar-refractivity contribution is -0.137. The van der Waals surface area contributed by atoms with E-state index >= 15 is 0 Å². The summed E-state index contributed by atoms with van der Waals surface area (Å²) in [6.45, 7) is 2.55. The smallest absolute Gasteiger partial charge is 0.396 e. The Bertz CT molecular complexity index is 746. The van der Waals surface area contributed by atoms with Crippen LogP contribution in [0.3, 0.4) is 0 Å². The molecule has 5 nitrogen and oxygen atoms in total. The average Bonchev–Trinajstić information content (AvgIpc) is 3.23. The fraction of sp³-hybridized carbons (Fsp3) is 0.696. The number of ether oxygens (including phenoxy) is 1. The Labute approximate surface area is 205 Å². The van der Waals surface area contributed by atoms with Crippen LogP contribution in [0.1, 0.15) is 56.1 Å². The van der Waals surface area contributed by atoms with Gasteiger partial charge in [0.15, 0.2) is 5.96 Å². The molecule has 1 aromatic carbocycles. The summed E-state index contributed by atoms with van der Waals surface area (Å²) in [6, 6.07) is 5.79. The molecule has 1 heterocycles. The normalized spacial score (nSPS) is 23.5. The molecule has 3 rings (SSSR count).